The first-order valence-electron chi connectivity index (χ1n) is 6.30. The first-order chi connectivity index (χ1) is 8.23. The second kappa shape index (κ2) is 7.72. The molecule has 18 heavy (non-hydrogen) atoms. The SMILES string of the molecule is CCN(CCCNCCC(C)(C)C#N)S(C)(=O)=O. The molecule has 0 aromatic rings. The highest BCUT2D eigenvalue weighted by Crippen LogP contribution is 2.16. The van der Waals surface area contributed by atoms with Crippen LogP contribution in [-0.2, 0) is 10.0 Å². The molecule has 0 atom stereocenters. The van der Waals surface area contributed by atoms with Gasteiger partial charge in [0.15, 0.2) is 0 Å². The van der Waals surface area contributed by atoms with Crippen molar-refractivity contribution in [2.75, 3.05) is 32.4 Å². The number of nitriles is 1. The quantitative estimate of drug-likeness (QED) is 0.641. The topological polar surface area (TPSA) is 73.2 Å². The minimum absolute atomic E-state index is 0.296. The van der Waals surface area contributed by atoms with Gasteiger partial charge in [0.1, 0.15) is 0 Å². The smallest absolute Gasteiger partial charge is 0.211 e. The Bertz CT molecular complexity index is 371. The van der Waals surface area contributed by atoms with Crippen LogP contribution in [0.25, 0.3) is 0 Å². The van der Waals surface area contributed by atoms with E-state index in [1.807, 2.05) is 20.8 Å². The van der Waals surface area contributed by atoms with Crippen LogP contribution in [0.2, 0.25) is 0 Å². The number of hydrogen-bond donors (Lipinski definition) is 1. The monoisotopic (exact) mass is 275 g/mol. The van der Waals surface area contributed by atoms with Gasteiger partial charge in [-0.15, -0.1) is 0 Å². The third kappa shape index (κ3) is 7.64. The van der Waals surface area contributed by atoms with Crippen molar-refractivity contribution >= 4 is 10.0 Å². The lowest BCUT2D eigenvalue weighted by atomic mass is 9.91. The van der Waals surface area contributed by atoms with Gasteiger partial charge in [-0.1, -0.05) is 6.92 Å². The van der Waals surface area contributed by atoms with Crippen LogP contribution < -0.4 is 5.32 Å². The molecule has 0 radical (unpaired) electrons. The van der Waals surface area contributed by atoms with Gasteiger partial charge in [-0.05, 0) is 39.8 Å². The summed E-state index contributed by atoms with van der Waals surface area (Å²) >= 11 is 0. The summed E-state index contributed by atoms with van der Waals surface area (Å²) in [6.07, 6.45) is 2.82. The average Bonchev–Trinajstić information content (AvgIpc) is 2.26. The molecule has 0 spiro atoms. The number of sulfonamides is 1. The summed E-state index contributed by atoms with van der Waals surface area (Å²) in [4.78, 5) is 0. The Morgan fingerprint density at radius 3 is 2.39 bits per heavy atom. The van der Waals surface area contributed by atoms with Gasteiger partial charge in [-0.25, -0.2) is 12.7 Å². The number of rotatable bonds is 9. The van der Waals surface area contributed by atoms with Crippen molar-refractivity contribution in [2.45, 2.75) is 33.6 Å². The van der Waals surface area contributed by atoms with Crippen LogP contribution in [0.4, 0.5) is 0 Å². The van der Waals surface area contributed by atoms with E-state index in [9.17, 15) is 8.42 Å². The van der Waals surface area contributed by atoms with Gasteiger partial charge in [0.05, 0.1) is 17.7 Å². The van der Waals surface area contributed by atoms with Crippen LogP contribution in [0, 0.1) is 16.7 Å². The summed E-state index contributed by atoms with van der Waals surface area (Å²) in [7, 11) is -3.07. The molecule has 0 amide bonds. The van der Waals surface area contributed by atoms with Crippen molar-refractivity contribution < 1.29 is 8.42 Å². The zero-order valence-electron chi connectivity index (χ0n) is 11.9. The molecule has 0 aliphatic rings. The zero-order valence-corrected chi connectivity index (χ0v) is 12.7. The van der Waals surface area contributed by atoms with E-state index in [1.54, 1.807) is 0 Å². The van der Waals surface area contributed by atoms with Gasteiger partial charge in [-0.2, -0.15) is 5.26 Å². The Morgan fingerprint density at radius 2 is 1.94 bits per heavy atom. The predicted molar refractivity (Wildman–Crippen MR) is 73.6 cm³/mol. The summed E-state index contributed by atoms with van der Waals surface area (Å²) in [5.74, 6) is 0. The van der Waals surface area contributed by atoms with Crippen LogP contribution in [0.5, 0.6) is 0 Å². The van der Waals surface area contributed by atoms with Crippen LogP contribution in [-0.4, -0.2) is 45.2 Å². The largest absolute Gasteiger partial charge is 0.317 e. The normalized spacial score (nSPS) is 12.7. The van der Waals surface area contributed by atoms with E-state index >= 15 is 0 Å². The number of hydrogen-bond acceptors (Lipinski definition) is 4. The molecule has 1 N–H and O–H groups in total. The Kier molecular flexibility index (Phi) is 7.45. The lowest BCUT2D eigenvalue weighted by molar-refractivity contribution is 0.405. The average molecular weight is 275 g/mol. The third-order valence-corrected chi connectivity index (χ3v) is 4.19. The van der Waals surface area contributed by atoms with Crippen LogP contribution in [0.3, 0.4) is 0 Å². The molecule has 0 aromatic heterocycles. The molecule has 106 valence electrons. The molecule has 0 heterocycles. The fraction of sp³-hybridized carbons (Fsp3) is 0.917. The maximum absolute atomic E-state index is 11.3. The lowest BCUT2D eigenvalue weighted by Crippen LogP contribution is -2.32. The summed E-state index contributed by atoms with van der Waals surface area (Å²) < 4.78 is 24.1. The summed E-state index contributed by atoms with van der Waals surface area (Å²) in [6, 6.07) is 2.25. The van der Waals surface area contributed by atoms with Crippen LogP contribution >= 0.6 is 0 Å². The Hall–Kier alpha value is -0.640. The molecular weight excluding hydrogens is 250 g/mol. The molecular formula is C12H25N3O2S. The second-order valence-electron chi connectivity index (χ2n) is 5.10. The van der Waals surface area contributed by atoms with Gasteiger partial charge in [0.25, 0.3) is 0 Å². The van der Waals surface area contributed by atoms with Crippen LogP contribution in [0.1, 0.15) is 33.6 Å². The molecule has 0 fully saturated rings. The summed E-state index contributed by atoms with van der Waals surface area (Å²) in [5.41, 5.74) is -0.296. The highest BCUT2D eigenvalue weighted by Gasteiger charge is 2.15. The van der Waals surface area contributed by atoms with E-state index < -0.39 is 10.0 Å². The summed E-state index contributed by atoms with van der Waals surface area (Å²) in [6.45, 7) is 8.28. The highest BCUT2D eigenvalue weighted by atomic mass is 32.2. The van der Waals surface area contributed by atoms with Gasteiger partial charge >= 0.3 is 0 Å². The minimum Gasteiger partial charge on any atom is -0.317 e. The molecule has 0 aliphatic heterocycles. The molecule has 0 aliphatic carbocycles. The molecule has 0 bridgehead atoms. The molecule has 0 saturated heterocycles. The third-order valence-electron chi connectivity index (χ3n) is 2.81. The van der Waals surface area contributed by atoms with E-state index in [2.05, 4.69) is 11.4 Å². The maximum Gasteiger partial charge on any atom is 0.211 e. The van der Waals surface area contributed by atoms with E-state index in [0.717, 1.165) is 25.9 Å². The van der Waals surface area contributed by atoms with Crippen molar-refractivity contribution in [3.8, 4) is 6.07 Å². The summed E-state index contributed by atoms with van der Waals surface area (Å²) in [5, 5.41) is 12.1. The minimum atomic E-state index is -3.07. The van der Waals surface area contributed by atoms with Gasteiger partial charge < -0.3 is 5.32 Å². The first kappa shape index (κ1) is 17.4. The molecule has 6 heteroatoms. The fourth-order valence-corrected chi connectivity index (χ4v) is 2.45. The van der Waals surface area contributed by atoms with Gasteiger partial charge in [0, 0.05) is 13.1 Å². The van der Waals surface area contributed by atoms with E-state index in [0.29, 0.717) is 13.1 Å². The standard InChI is InChI=1S/C12H25N3O2S/c1-5-15(18(4,16)17)10-6-8-14-9-7-12(2,3)11-13/h14H,5-10H2,1-4H3. The molecule has 0 aromatic carbocycles. The van der Waals surface area contributed by atoms with Crippen molar-refractivity contribution in [3.63, 3.8) is 0 Å². The van der Waals surface area contributed by atoms with Crippen molar-refractivity contribution in [2.24, 2.45) is 5.41 Å². The highest BCUT2D eigenvalue weighted by molar-refractivity contribution is 7.88. The molecule has 0 saturated carbocycles. The first-order valence-corrected chi connectivity index (χ1v) is 8.15. The van der Waals surface area contributed by atoms with Crippen LogP contribution in [0.15, 0.2) is 0 Å². The van der Waals surface area contributed by atoms with Crippen molar-refractivity contribution in [1.82, 2.24) is 9.62 Å². The Labute approximate surface area is 111 Å². The number of nitrogens with one attached hydrogen (secondary N) is 1. The molecule has 0 rings (SSSR count). The van der Waals surface area contributed by atoms with E-state index in [1.165, 1.54) is 10.6 Å². The Morgan fingerprint density at radius 1 is 1.33 bits per heavy atom. The Balaban J connectivity index is 3.73. The van der Waals surface area contributed by atoms with Gasteiger partial charge in [-0.3, -0.25) is 0 Å². The van der Waals surface area contributed by atoms with E-state index in [4.69, 9.17) is 5.26 Å². The van der Waals surface area contributed by atoms with E-state index in [-0.39, 0.29) is 5.41 Å². The molecule has 0 unspecified atom stereocenters. The van der Waals surface area contributed by atoms with Gasteiger partial charge in [0.2, 0.25) is 10.0 Å². The molecule has 5 nitrogen and oxygen atoms in total. The van der Waals surface area contributed by atoms with Crippen molar-refractivity contribution in [1.29, 1.82) is 5.26 Å². The fourth-order valence-electron chi connectivity index (χ4n) is 1.52. The number of nitrogens with zero attached hydrogens (tertiary/aromatic N) is 2. The predicted octanol–water partition coefficient (Wildman–Crippen LogP) is 1.19. The van der Waals surface area contributed by atoms with Crippen molar-refractivity contribution in [3.05, 3.63) is 0 Å². The second-order valence-corrected chi connectivity index (χ2v) is 7.09. The maximum atomic E-state index is 11.3. The zero-order chi connectivity index (χ0) is 14.2. The lowest BCUT2D eigenvalue weighted by Gasteiger charge is -2.18.